The van der Waals surface area contributed by atoms with Crippen LogP contribution in [0.3, 0.4) is 0 Å². The predicted molar refractivity (Wildman–Crippen MR) is 59.6 cm³/mol. The van der Waals surface area contributed by atoms with Crippen molar-refractivity contribution in [1.29, 1.82) is 0 Å². The summed E-state index contributed by atoms with van der Waals surface area (Å²) in [5.74, 6) is -0.417. The van der Waals surface area contributed by atoms with Crippen LogP contribution in [0.15, 0.2) is 18.2 Å². The maximum Gasteiger partial charge on any atom is 0.248 e. The molecule has 1 rings (SSSR count). The first-order chi connectivity index (χ1) is 6.15. The first kappa shape index (κ1) is 12.7. The number of nitrogens with two attached hydrogens (primary N) is 1. The van der Waals surface area contributed by atoms with E-state index in [0.29, 0.717) is 5.56 Å². The minimum absolute atomic E-state index is 0. The van der Waals surface area contributed by atoms with Gasteiger partial charge in [-0.1, -0.05) is 6.07 Å². The highest BCUT2D eigenvalue weighted by Crippen LogP contribution is 2.15. The van der Waals surface area contributed by atoms with Crippen LogP contribution in [0, 0.1) is 6.92 Å². The van der Waals surface area contributed by atoms with Crippen molar-refractivity contribution < 1.29 is 4.79 Å². The molecule has 0 aromatic heterocycles. The first-order valence-electron chi connectivity index (χ1n) is 3.98. The SMILES string of the molecule is CNNc1cc(C(N)=O)ccc1C.Cl. The molecule has 14 heavy (non-hydrogen) atoms. The zero-order chi connectivity index (χ0) is 9.84. The molecule has 1 aromatic carbocycles. The van der Waals surface area contributed by atoms with E-state index in [1.807, 2.05) is 13.0 Å². The Bertz CT molecular complexity index is 328. The average molecular weight is 216 g/mol. The van der Waals surface area contributed by atoms with Gasteiger partial charge in [-0.25, -0.2) is 5.43 Å². The number of carbonyl (C=O) groups is 1. The van der Waals surface area contributed by atoms with Crippen molar-refractivity contribution in [3.05, 3.63) is 29.3 Å². The van der Waals surface area contributed by atoms with Crippen molar-refractivity contribution >= 4 is 24.0 Å². The lowest BCUT2D eigenvalue weighted by Gasteiger charge is -2.08. The quantitative estimate of drug-likeness (QED) is 0.661. The zero-order valence-electron chi connectivity index (χ0n) is 8.13. The van der Waals surface area contributed by atoms with Crippen LogP contribution in [-0.4, -0.2) is 13.0 Å². The number of anilines is 1. The zero-order valence-corrected chi connectivity index (χ0v) is 8.94. The van der Waals surface area contributed by atoms with E-state index in [9.17, 15) is 4.79 Å². The molecular formula is C9H14ClN3O. The molecule has 0 radical (unpaired) electrons. The smallest absolute Gasteiger partial charge is 0.248 e. The Morgan fingerprint density at radius 2 is 2.07 bits per heavy atom. The lowest BCUT2D eigenvalue weighted by atomic mass is 10.1. The third-order valence-corrected chi connectivity index (χ3v) is 1.78. The van der Waals surface area contributed by atoms with E-state index in [1.165, 1.54) is 0 Å². The molecular weight excluding hydrogens is 202 g/mol. The number of aryl methyl sites for hydroxylation is 1. The van der Waals surface area contributed by atoms with Gasteiger partial charge in [-0.2, -0.15) is 0 Å². The van der Waals surface area contributed by atoms with Gasteiger partial charge < -0.3 is 11.2 Å². The van der Waals surface area contributed by atoms with E-state index in [4.69, 9.17) is 5.73 Å². The van der Waals surface area contributed by atoms with Gasteiger partial charge in [0.15, 0.2) is 0 Å². The van der Waals surface area contributed by atoms with Crippen LogP contribution in [0.1, 0.15) is 15.9 Å². The molecule has 1 aromatic rings. The van der Waals surface area contributed by atoms with Crippen LogP contribution >= 0.6 is 12.4 Å². The summed E-state index contributed by atoms with van der Waals surface area (Å²) in [6.07, 6.45) is 0. The van der Waals surface area contributed by atoms with Crippen LogP contribution in [-0.2, 0) is 0 Å². The van der Waals surface area contributed by atoms with E-state index < -0.39 is 5.91 Å². The molecule has 4 N–H and O–H groups in total. The van der Waals surface area contributed by atoms with Gasteiger partial charge in [0.25, 0.3) is 0 Å². The first-order valence-corrected chi connectivity index (χ1v) is 3.98. The standard InChI is InChI=1S/C9H13N3O.ClH/c1-6-3-4-7(9(10)13)5-8(6)12-11-2;/h3-5,11-12H,1-2H3,(H2,10,13);1H. The van der Waals surface area contributed by atoms with Crippen LogP contribution < -0.4 is 16.6 Å². The third kappa shape index (κ3) is 2.90. The van der Waals surface area contributed by atoms with E-state index in [0.717, 1.165) is 11.3 Å². The molecule has 0 spiro atoms. The summed E-state index contributed by atoms with van der Waals surface area (Å²) in [7, 11) is 1.76. The lowest BCUT2D eigenvalue weighted by Crippen LogP contribution is -2.17. The third-order valence-electron chi connectivity index (χ3n) is 1.78. The summed E-state index contributed by atoms with van der Waals surface area (Å²) < 4.78 is 0. The van der Waals surface area contributed by atoms with Gasteiger partial charge in [0.2, 0.25) is 5.91 Å². The van der Waals surface area contributed by atoms with Gasteiger partial charge in [0, 0.05) is 12.6 Å². The van der Waals surface area contributed by atoms with Crippen molar-refractivity contribution in [2.75, 3.05) is 12.5 Å². The number of hydrogen-bond acceptors (Lipinski definition) is 3. The highest BCUT2D eigenvalue weighted by Gasteiger charge is 2.03. The van der Waals surface area contributed by atoms with Crippen LogP contribution in [0.25, 0.3) is 0 Å². The maximum absolute atomic E-state index is 10.8. The fourth-order valence-electron chi connectivity index (χ4n) is 1.04. The number of halogens is 1. The molecule has 5 heteroatoms. The lowest BCUT2D eigenvalue weighted by molar-refractivity contribution is 0.100. The number of benzene rings is 1. The highest BCUT2D eigenvalue weighted by atomic mass is 35.5. The summed E-state index contributed by atoms with van der Waals surface area (Å²) >= 11 is 0. The predicted octanol–water partition coefficient (Wildman–Crippen LogP) is 1.06. The largest absolute Gasteiger partial charge is 0.366 e. The second-order valence-electron chi connectivity index (χ2n) is 2.77. The molecule has 0 saturated carbocycles. The topological polar surface area (TPSA) is 67.2 Å². The molecule has 0 aliphatic rings. The molecule has 0 fully saturated rings. The summed E-state index contributed by atoms with van der Waals surface area (Å²) in [6, 6.07) is 5.27. The molecule has 0 unspecified atom stereocenters. The fourth-order valence-corrected chi connectivity index (χ4v) is 1.04. The summed E-state index contributed by atoms with van der Waals surface area (Å²) in [5.41, 5.74) is 13.3. The van der Waals surface area contributed by atoms with Crippen LogP contribution in [0.4, 0.5) is 5.69 Å². The van der Waals surface area contributed by atoms with Gasteiger partial charge in [0.1, 0.15) is 0 Å². The second-order valence-corrected chi connectivity index (χ2v) is 2.77. The van der Waals surface area contributed by atoms with Gasteiger partial charge in [-0.15, -0.1) is 12.4 Å². The molecule has 4 nitrogen and oxygen atoms in total. The van der Waals surface area contributed by atoms with Gasteiger partial charge in [-0.05, 0) is 24.6 Å². The number of primary amides is 1. The minimum Gasteiger partial charge on any atom is -0.366 e. The normalized spacial score (nSPS) is 9.00. The molecule has 0 aliphatic heterocycles. The minimum atomic E-state index is -0.417. The van der Waals surface area contributed by atoms with Gasteiger partial charge in [0.05, 0.1) is 5.69 Å². The molecule has 0 heterocycles. The van der Waals surface area contributed by atoms with Gasteiger partial charge >= 0.3 is 0 Å². The van der Waals surface area contributed by atoms with Crippen molar-refractivity contribution in [3.63, 3.8) is 0 Å². The summed E-state index contributed by atoms with van der Waals surface area (Å²) in [5, 5.41) is 0. The number of hydrazine groups is 1. The molecule has 0 atom stereocenters. The van der Waals surface area contributed by atoms with Crippen molar-refractivity contribution in [3.8, 4) is 0 Å². The van der Waals surface area contributed by atoms with E-state index in [1.54, 1.807) is 19.2 Å². The second kappa shape index (κ2) is 5.47. The Hall–Kier alpha value is -1.26. The molecule has 0 saturated heterocycles. The Morgan fingerprint density at radius 3 is 2.57 bits per heavy atom. The Kier molecular flexibility index (Phi) is 4.97. The monoisotopic (exact) mass is 215 g/mol. The summed E-state index contributed by atoms with van der Waals surface area (Å²) in [4.78, 5) is 10.8. The van der Waals surface area contributed by atoms with E-state index >= 15 is 0 Å². The van der Waals surface area contributed by atoms with Crippen molar-refractivity contribution in [2.45, 2.75) is 6.92 Å². The van der Waals surface area contributed by atoms with Crippen LogP contribution in [0.2, 0.25) is 0 Å². The molecule has 78 valence electrons. The Labute approximate surface area is 89.3 Å². The number of hydrogen-bond donors (Lipinski definition) is 3. The molecule has 0 bridgehead atoms. The van der Waals surface area contributed by atoms with Gasteiger partial charge in [-0.3, -0.25) is 4.79 Å². The van der Waals surface area contributed by atoms with E-state index in [-0.39, 0.29) is 12.4 Å². The highest BCUT2D eigenvalue weighted by molar-refractivity contribution is 5.93. The molecule has 0 aliphatic carbocycles. The summed E-state index contributed by atoms with van der Waals surface area (Å²) in [6.45, 7) is 1.95. The Balaban J connectivity index is 0.00000169. The fraction of sp³-hybridized carbons (Fsp3) is 0.222. The van der Waals surface area contributed by atoms with Crippen molar-refractivity contribution in [1.82, 2.24) is 5.43 Å². The Morgan fingerprint density at radius 1 is 1.43 bits per heavy atom. The number of rotatable bonds is 3. The van der Waals surface area contributed by atoms with E-state index in [2.05, 4.69) is 10.9 Å². The maximum atomic E-state index is 10.8. The average Bonchev–Trinajstić information content (AvgIpc) is 2.08. The number of amides is 1. The van der Waals surface area contributed by atoms with Crippen LogP contribution in [0.5, 0.6) is 0 Å². The van der Waals surface area contributed by atoms with Crippen molar-refractivity contribution in [2.24, 2.45) is 5.73 Å². The number of nitrogens with one attached hydrogen (secondary N) is 2. The molecule has 1 amide bonds. The number of carbonyl (C=O) groups excluding carboxylic acids is 1.